The predicted octanol–water partition coefficient (Wildman–Crippen LogP) is 1.35. The van der Waals surface area contributed by atoms with E-state index in [4.69, 9.17) is 9.72 Å². The van der Waals surface area contributed by atoms with E-state index in [0.717, 1.165) is 42.9 Å². The number of nitrogens with zero attached hydrogens (tertiary/aromatic N) is 4. The van der Waals surface area contributed by atoms with E-state index in [1.165, 1.54) is 0 Å². The van der Waals surface area contributed by atoms with Crippen molar-refractivity contribution in [2.45, 2.75) is 19.9 Å². The topological polar surface area (TPSA) is 78.0 Å². The van der Waals surface area contributed by atoms with Crippen LogP contribution in [0.15, 0.2) is 30.3 Å². The third-order valence-electron chi connectivity index (χ3n) is 5.74. The molecule has 0 aliphatic carbocycles. The number of fused-ring (bicyclic) bond motifs is 1. The van der Waals surface area contributed by atoms with Gasteiger partial charge >= 0.3 is 0 Å². The number of benzene rings is 1. The third-order valence-corrected chi connectivity index (χ3v) is 5.74. The number of morpholine rings is 1. The van der Waals surface area contributed by atoms with Crippen LogP contribution >= 0.6 is 0 Å². The molecule has 0 radical (unpaired) electrons. The number of carbonyl (C=O) groups excluding carboxylic acids is 2. The summed E-state index contributed by atoms with van der Waals surface area (Å²) in [5.74, 6) is 0.916. The highest BCUT2D eigenvalue weighted by Gasteiger charge is 2.25. The maximum absolute atomic E-state index is 13.3. The maximum Gasteiger partial charge on any atom is 0.254 e. The molecule has 2 aliphatic heterocycles. The fourth-order valence-corrected chi connectivity index (χ4v) is 4.14. The summed E-state index contributed by atoms with van der Waals surface area (Å²) in [6.07, 6.45) is 0. The fraction of sp³-hybridized carbons (Fsp3) is 0.522. The Kier molecular flexibility index (Phi) is 6.67. The van der Waals surface area contributed by atoms with Gasteiger partial charge in [-0.3, -0.25) is 14.5 Å². The van der Waals surface area contributed by atoms with Crippen LogP contribution in [-0.2, 0) is 9.53 Å². The lowest BCUT2D eigenvalue weighted by atomic mass is 10.1. The van der Waals surface area contributed by atoms with Gasteiger partial charge < -0.3 is 19.9 Å². The number of rotatable bonds is 5. The second kappa shape index (κ2) is 9.62. The average Bonchev–Trinajstić information content (AvgIpc) is 2.78. The minimum absolute atomic E-state index is 0.0344. The zero-order chi connectivity index (χ0) is 21.8. The van der Waals surface area contributed by atoms with E-state index >= 15 is 0 Å². The highest BCUT2D eigenvalue weighted by atomic mass is 16.5. The number of anilines is 1. The quantitative estimate of drug-likeness (QED) is 0.779. The van der Waals surface area contributed by atoms with Crippen LogP contribution in [0.2, 0.25) is 0 Å². The SMILES string of the molecule is CC(C)NC(=O)CN1CCN(c2cc(C(=O)N3CCOCC3)c3ccccc3n2)CC1. The van der Waals surface area contributed by atoms with Gasteiger partial charge in [-0.1, -0.05) is 18.2 Å². The van der Waals surface area contributed by atoms with Crippen LogP contribution in [0.25, 0.3) is 10.9 Å². The number of carbonyl (C=O) groups is 2. The van der Waals surface area contributed by atoms with Crippen molar-refractivity contribution < 1.29 is 14.3 Å². The highest BCUT2D eigenvalue weighted by molar-refractivity contribution is 6.07. The van der Waals surface area contributed by atoms with Gasteiger partial charge in [0.1, 0.15) is 5.82 Å². The Balaban J connectivity index is 1.51. The van der Waals surface area contributed by atoms with Crippen LogP contribution < -0.4 is 10.2 Å². The summed E-state index contributed by atoms with van der Waals surface area (Å²) < 4.78 is 5.40. The molecular weight excluding hydrogens is 394 g/mol. The van der Waals surface area contributed by atoms with E-state index < -0.39 is 0 Å². The van der Waals surface area contributed by atoms with Crippen molar-refractivity contribution in [1.29, 1.82) is 0 Å². The molecule has 1 N–H and O–H groups in total. The molecule has 2 fully saturated rings. The normalized spacial score (nSPS) is 17.9. The van der Waals surface area contributed by atoms with Crippen LogP contribution in [-0.4, -0.2) is 91.7 Å². The van der Waals surface area contributed by atoms with Crippen molar-refractivity contribution in [3.63, 3.8) is 0 Å². The molecule has 4 rings (SSSR count). The van der Waals surface area contributed by atoms with Gasteiger partial charge in [0.05, 0.1) is 30.8 Å². The predicted molar refractivity (Wildman–Crippen MR) is 120 cm³/mol. The van der Waals surface area contributed by atoms with Crippen molar-refractivity contribution in [3.05, 3.63) is 35.9 Å². The molecule has 0 bridgehead atoms. The first kappa shape index (κ1) is 21.5. The number of amides is 2. The summed E-state index contributed by atoms with van der Waals surface area (Å²) in [5, 5.41) is 3.83. The van der Waals surface area contributed by atoms with E-state index in [0.29, 0.717) is 38.4 Å². The number of ether oxygens (including phenoxy) is 1. The lowest BCUT2D eigenvalue weighted by molar-refractivity contribution is -0.122. The van der Waals surface area contributed by atoms with Crippen LogP contribution in [0.1, 0.15) is 24.2 Å². The van der Waals surface area contributed by atoms with Gasteiger partial charge in [-0.15, -0.1) is 0 Å². The molecule has 2 aliphatic rings. The van der Waals surface area contributed by atoms with Gasteiger partial charge in [-0.2, -0.15) is 0 Å². The summed E-state index contributed by atoms with van der Waals surface area (Å²) in [7, 11) is 0. The second-order valence-electron chi connectivity index (χ2n) is 8.44. The van der Waals surface area contributed by atoms with Gasteiger partial charge in [0.15, 0.2) is 0 Å². The van der Waals surface area contributed by atoms with E-state index in [1.54, 1.807) is 0 Å². The van der Waals surface area contributed by atoms with Crippen molar-refractivity contribution in [2.75, 3.05) is 63.9 Å². The Morgan fingerprint density at radius 2 is 1.77 bits per heavy atom. The summed E-state index contributed by atoms with van der Waals surface area (Å²) in [6, 6.07) is 9.90. The number of piperazine rings is 1. The molecule has 8 nitrogen and oxygen atoms in total. The summed E-state index contributed by atoms with van der Waals surface area (Å²) >= 11 is 0. The van der Waals surface area contributed by atoms with Crippen molar-refractivity contribution >= 4 is 28.5 Å². The molecule has 0 unspecified atom stereocenters. The first-order valence-electron chi connectivity index (χ1n) is 11.0. The van der Waals surface area contributed by atoms with Gasteiger partial charge in [0.25, 0.3) is 5.91 Å². The Labute approximate surface area is 183 Å². The van der Waals surface area contributed by atoms with E-state index in [9.17, 15) is 9.59 Å². The van der Waals surface area contributed by atoms with Gasteiger partial charge in [0, 0.05) is 50.7 Å². The molecule has 1 aromatic heterocycles. The summed E-state index contributed by atoms with van der Waals surface area (Å²) in [4.78, 5) is 36.4. The molecule has 8 heteroatoms. The standard InChI is InChI=1S/C23H31N5O3/c1-17(2)24-22(29)16-26-7-9-27(10-8-26)21-15-19(18-5-3-4-6-20(18)25-21)23(30)28-11-13-31-14-12-28/h3-6,15,17H,7-14,16H2,1-2H3,(H,24,29). The van der Waals surface area contributed by atoms with Crippen molar-refractivity contribution in [2.24, 2.45) is 0 Å². The number of hydrogen-bond acceptors (Lipinski definition) is 6. The number of aromatic nitrogens is 1. The number of nitrogens with one attached hydrogen (secondary N) is 1. The number of para-hydroxylation sites is 1. The van der Waals surface area contributed by atoms with Crippen LogP contribution in [0, 0.1) is 0 Å². The third kappa shape index (κ3) is 5.14. The zero-order valence-electron chi connectivity index (χ0n) is 18.3. The molecule has 2 aromatic rings. The molecule has 166 valence electrons. The highest BCUT2D eigenvalue weighted by Crippen LogP contribution is 2.25. The van der Waals surface area contributed by atoms with Crippen LogP contribution in [0.3, 0.4) is 0 Å². The molecule has 2 saturated heterocycles. The molecule has 0 saturated carbocycles. The summed E-state index contributed by atoms with van der Waals surface area (Å²) in [6.45, 7) is 9.84. The Morgan fingerprint density at radius 3 is 2.48 bits per heavy atom. The molecule has 0 atom stereocenters. The molecule has 2 amide bonds. The number of hydrogen-bond donors (Lipinski definition) is 1. The molecule has 0 spiro atoms. The Bertz CT molecular complexity index is 934. The van der Waals surface area contributed by atoms with E-state index in [-0.39, 0.29) is 17.9 Å². The minimum atomic E-state index is 0.0344. The van der Waals surface area contributed by atoms with Crippen molar-refractivity contribution in [1.82, 2.24) is 20.1 Å². The second-order valence-corrected chi connectivity index (χ2v) is 8.44. The lowest BCUT2D eigenvalue weighted by Crippen LogP contribution is -2.50. The van der Waals surface area contributed by atoms with E-state index in [1.807, 2.05) is 49.1 Å². The molecule has 1 aromatic carbocycles. The van der Waals surface area contributed by atoms with E-state index in [2.05, 4.69) is 15.1 Å². The first-order chi connectivity index (χ1) is 15.0. The monoisotopic (exact) mass is 425 g/mol. The summed E-state index contributed by atoms with van der Waals surface area (Å²) in [5.41, 5.74) is 1.52. The molecule has 31 heavy (non-hydrogen) atoms. The average molecular weight is 426 g/mol. The zero-order valence-corrected chi connectivity index (χ0v) is 18.3. The molecule has 3 heterocycles. The lowest BCUT2D eigenvalue weighted by Gasteiger charge is -2.35. The van der Waals surface area contributed by atoms with Gasteiger partial charge in [-0.25, -0.2) is 4.98 Å². The van der Waals surface area contributed by atoms with Crippen LogP contribution in [0.5, 0.6) is 0 Å². The smallest absolute Gasteiger partial charge is 0.254 e. The van der Waals surface area contributed by atoms with Gasteiger partial charge in [0.2, 0.25) is 5.91 Å². The maximum atomic E-state index is 13.3. The van der Waals surface area contributed by atoms with Crippen LogP contribution in [0.4, 0.5) is 5.82 Å². The Morgan fingerprint density at radius 1 is 1.06 bits per heavy atom. The number of pyridine rings is 1. The first-order valence-corrected chi connectivity index (χ1v) is 11.0. The molecular formula is C23H31N5O3. The Hall–Kier alpha value is -2.71. The van der Waals surface area contributed by atoms with Gasteiger partial charge in [-0.05, 0) is 26.0 Å². The largest absolute Gasteiger partial charge is 0.378 e. The minimum Gasteiger partial charge on any atom is -0.378 e. The fourth-order valence-electron chi connectivity index (χ4n) is 4.14. The van der Waals surface area contributed by atoms with Crippen molar-refractivity contribution in [3.8, 4) is 0 Å².